The van der Waals surface area contributed by atoms with Crippen LogP contribution in [0.4, 0.5) is 0 Å². The zero-order valence-corrected chi connectivity index (χ0v) is 14.3. The minimum absolute atomic E-state index is 0.0268. The van der Waals surface area contributed by atoms with Crippen LogP contribution in [0.1, 0.15) is 28.2 Å². The molecule has 0 bridgehead atoms. The molecule has 1 aliphatic rings. The van der Waals surface area contributed by atoms with Crippen LogP contribution in [-0.4, -0.2) is 5.78 Å². The van der Waals surface area contributed by atoms with Crippen LogP contribution in [0.2, 0.25) is 0 Å². The zero-order chi connectivity index (χ0) is 17.1. The van der Waals surface area contributed by atoms with Gasteiger partial charge in [0.2, 0.25) is 0 Å². The Labute approximate surface area is 149 Å². The molecule has 0 heterocycles. The maximum atomic E-state index is 13.3. The van der Waals surface area contributed by atoms with Crippen LogP contribution in [0.15, 0.2) is 84.9 Å². The van der Waals surface area contributed by atoms with E-state index in [9.17, 15) is 4.79 Å². The summed E-state index contributed by atoms with van der Waals surface area (Å²) in [5.41, 5.74) is 5.04. The summed E-state index contributed by atoms with van der Waals surface area (Å²) in [6, 6.07) is 29.2. The Morgan fingerprint density at radius 1 is 0.680 bits per heavy atom. The van der Waals surface area contributed by atoms with Crippen molar-refractivity contribution in [2.24, 2.45) is 5.92 Å². The Bertz CT molecular complexity index is 852. The molecule has 124 valence electrons. The Balaban J connectivity index is 1.65. The summed E-state index contributed by atoms with van der Waals surface area (Å²) in [5, 5.41) is 0. The van der Waals surface area contributed by atoms with Crippen molar-refractivity contribution in [2.75, 3.05) is 0 Å². The summed E-state index contributed by atoms with van der Waals surface area (Å²) < 4.78 is 0. The van der Waals surface area contributed by atoms with E-state index in [1.54, 1.807) is 0 Å². The molecule has 1 nitrogen and oxygen atoms in total. The monoisotopic (exact) mass is 326 g/mol. The average Bonchev–Trinajstić information content (AvgIpc) is 2.67. The molecule has 3 aromatic carbocycles. The van der Waals surface area contributed by atoms with E-state index in [0.717, 1.165) is 19.3 Å². The molecule has 25 heavy (non-hydrogen) atoms. The van der Waals surface area contributed by atoms with Crippen LogP contribution >= 0.6 is 0 Å². The van der Waals surface area contributed by atoms with Gasteiger partial charge in [0.15, 0.2) is 0 Å². The molecule has 0 aromatic heterocycles. The maximum Gasteiger partial charge on any atom is 0.144 e. The second kappa shape index (κ2) is 7.06. The summed E-state index contributed by atoms with van der Waals surface area (Å²) in [4.78, 5) is 13.3. The lowest BCUT2D eigenvalue weighted by Gasteiger charge is -2.30. The molecule has 1 heteroatoms. The molecule has 0 spiro atoms. The lowest BCUT2D eigenvalue weighted by atomic mass is 9.72. The normalized spacial score (nSPS) is 19.4. The third-order valence-electron chi connectivity index (χ3n) is 5.25. The van der Waals surface area contributed by atoms with Crippen LogP contribution < -0.4 is 0 Å². The quantitative estimate of drug-likeness (QED) is 0.659. The predicted octanol–water partition coefficient (Wildman–Crippen LogP) is 5.00. The van der Waals surface area contributed by atoms with Gasteiger partial charge in [-0.3, -0.25) is 4.79 Å². The van der Waals surface area contributed by atoms with Gasteiger partial charge in [-0.05, 0) is 41.5 Å². The molecule has 0 aliphatic heterocycles. The van der Waals surface area contributed by atoms with Gasteiger partial charge in [-0.25, -0.2) is 0 Å². The van der Waals surface area contributed by atoms with Gasteiger partial charge in [0.05, 0.1) is 0 Å². The highest BCUT2D eigenvalue weighted by Gasteiger charge is 2.34. The SMILES string of the molecule is O=C1C(Cc2ccccc2)Cc2ccccc2C1Cc1ccccc1. The number of benzene rings is 3. The van der Waals surface area contributed by atoms with Crippen LogP contribution in [0.25, 0.3) is 0 Å². The van der Waals surface area contributed by atoms with Crippen molar-refractivity contribution in [3.05, 3.63) is 107 Å². The van der Waals surface area contributed by atoms with E-state index >= 15 is 0 Å². The fraction of sp³-hybridized carbons (Fsp3) is 0.208. The van der Waals surface area contributed by atoms with Crippen molar-refractivity contribution in [2.45, 2.75) is 25.2 Å². The van der Waals surface area contributed by atoms with E-state index in [-0.39, 0.29) is 11.8 Å². The van der Waals surface area contributed by atoms with Gasteiger partial charge in [-0.1, -0.05) is 84.9 Å². The highest BCUT2D eigenvalue weighted by Crippen LogP contribution is 2.35. The molecular formula is C24H22O. The molecule has 2 atom stereocenters. The van der Waals surface area contributed by atoms with Crippen LogP contribution in [-0.2, 0) is 24.1 Å². The smallest absolute Gasteiger partial charge is 0.144 e. The third-order valence-corrected chi connectivity index (χ3v) is 5.25. The molecule has 0 radical (unpaired) electrons. The highest BCUT2D eigenvalue weighted by molar-refractivity contribution is 5.90. The molecule has 0 amide bonds. The molecule has 0 saturated carbocycles. The van der Waals surface area contributed by atoms with Gasteiger partial charge in [0.25, 0.3) is 0 Å². The second-order valence-electron chi connectivity index (χ2n) is 6.93. The first kappa shape index (κ1) is 15.8. The van der Waals surface area contributed by atoms with Gasteiger partial charge >= 0.3 is 0 Å². The maximum absolute atomic E-state index is 13.3. The molecule has 0 N–H and O–H groups in total. The van der Waals surface area contributed by atoms with Gasteiger partial charge in [0, 0.05) is 11.8 Å². The first-order valence-corrected chi connectivity index (χ1v) is 9.00. The van der Waals surface area contributed by atoms with E-state index in [1.807, 2.05) is 12.1 Å². The van der Waals surface area contributed by atoms with Crippen molar-refractivity contribution in [1.82, 2.24) is 0 Å². The number of ketones is 1. The highest BCUT2D eigenvalue weighted by atomic mass is 16.1. The molecule has 2 unspecified atom stereocenters. The van der Waals surface area contributed by atoms with E-state index in [2.05, 4.69) is 72.8 Å². The van der Waals surface area contributed by atoms with E-state index < -0.39 is 0 Å². The van der Waals surface area contributed by atoms with Gasteiger partial charge in [-0.15, -0.1) is 0 Å². The number of carbonyl (C=O) groups is 1. The lowest BCUT2D eigenvalue weighted by molar-refractivity contribution is -0.124. The van der Waals surface area contributed by atoms with Crippen molar-refractivity contribution in [3.8, 4) is 0 Å². The molecule has 1 aliphatic carbocycles. The molecule has 0 saturated heterocycles. The largest absolute Gasteiger partial charge is 0.299 e. The number of fused-ring (bicyclic) bond motifs is 1. The van der Waals surface area contributed by atoms with Crippen molar-refractivity contribution in [1.29, 1.82) is 0 Å². The number of hydrogen-bond donors (Lipinski definition) is 0. The fourth-order valence-corrected chi connectivity index (χ4v) is 4.00. The van der Waals surface area contributed by atoms with Crippen LogP contribution in [0, 0.1) is 5.92 Å². The minimum atomic E-state index is -0.0268. The van der Waals surface area contributed by atoms with Crippen molar-refractivity contribution < 1.29 is 4.79 Å². The molecule has 0 fully saturated rings. The summed E-state index contributed by atoms with van der Waals surface area (Å²) in [7, 11) is 0. The Morgan fingerprint density at radius 3 is 1.92 bits per heavy atom. The third kappa shape index (κ3) is 3.41. The number of carbonyl (C=O) groups excluding carboxylic acids is 1. The predicted molar refractivity (Wildman–Crippen MR) is 102 cm³/mol. The Kier molecular flexibility index (Phi) is 4.47. The average molecular weight is 326 g/mol. The summed E-state index contributed by atoms with van der Waals surface area (Å²) >= 11 is 0. The van der Waals surface area contributed by atoms with E-state index in [4.69, 9.17) is 0 Å². The minimum Gasteiger partial charge on any atom is -0.299 e. The van der Waals surface area contributed by atoms with Crippen molar-refractivity contribution >= 4 is 5.78 Å². The molecular weight excluding hydrogens is 304 g/mol. The topological polar surface area (TPSA) is 17.1 Å². The summed E-state index contributed by atoms with van der Waals surface area (Å²) in [6.45, 7) is 0. The van der Waals surface area contributed by atoms with Gasteiger partial charge < -0.3 is 0 Å². The van der Waals surface area contributed by atoms with E-state index in [1.165, 1.54) is 22.3 Å². The Morgan fingerprint density at radius 2 is 1.24 bits per heavy atom. The Hall–Kier alpha value is -2.67. The molecule has 4 rings (SSSR count). The summed E-state index contributed by atoms with van der Waals surface area (Å²) in [5.74, 6) is 0.443. The van der Waals surface area contributed by atoms with Gasteiger partial charge in [0.1, 0.15) is 5.78 Å². The first-order chi connectivity index (χ1) is 12.3. The number of Topliss-reactive ketones (excluding diaryl/α,β-unsaturated/α-hetero) is 1. The van der Waals surface area contributed by atoms with Crippen LogP contribution in [0.3, 0.4) is 0 Å². The first-order valence-electron chi connectivity index (χ1n) is 9.00. The fourth-order valence-electron chi connectivity index (χ4n) is 4.00. The van der Waals surface area contributed by atoms with Crippen molar-refractivity contribution in [3.63, 3.8) is 0 Å². The van der Waals surface area contributed by atoms with E-state index in [0.29, 0.717) is 5.78 Å². The number of rotatable bonds is 4. The zero-order valence-electron chi connectivity index (χ0n) is 14.3. The second-order valence-corrected chi connectivity index (χ2v) is 6.93. The molecule has 3 aromatic rings. The summed E-state index contributed by atoms with van der Waals surface area (Å²) in [6.07, 6.45) is 2.48. The van der Waals surface area contributed by atoms with Crippen LogP contribution in [0.5, 0.6) is 0 Å². The standard InChI is InChI=1S/C24H22O/c25-24-21(15-18-9-3-1-4-10-18)17-20-13-7-8-14-22(20)23(24)16-19-11-5-2-6-12-19/h1-14,21,23H,15-17H2. The van der Waals surface area contributed by atoms with Gasteiger partial charge in [-0.2, -0.15) is 0 Å². The lowest BCUT2D eigenvalue weighted by Crippen LogP contribution is -2.32. The number of hydrogen-bond acceptors (Lipinski definition) is 1.